The lowest BCUT2D eigenvalue weighted by Crippen LogP contribution is -2.42. The monoisotopic (exact) mass is 192 g/mol. The molecule has 0 heterocycles. The Kier molecular flexibility index (Phi) is 2.33. The maximum atomic E-state index is 9.95. The van der Waals surface area contributed by atoms with Gasteiger partial charge in [-0.1, -0.05) is 24.3 Å². The van der Waals surface area contributed by atoms with Crippen LogP contribution in [0.15, 0.2) is 24.3 Å². The number of hydrogen-bond acceptors (Lipinski definition) is 2. The molecule has 0 aromatic heterocycles. The molecule has 2 nitrogen and oxygen atoms in total. The molecule has 1 aliphatic carbocycles. The van der Waals surface area contributed by atoms with Crippen LogP contribution >= 0.6 is 0 Å². The fourth-order valence-electron chi connectivity index (χ4n) is 2.22. The van der Waals surface area contributed by atoms with Gasteiger partial charge in [-0.2, -0.15) is 0 Å². The van der Waals surface area contributed by atoms with Gasteiger partial charge in [0.15, 0.2) is 0 Å². The van der Waals surface area contributed by atoms with Gasteiger partial charge in [-0.15, -0.1) is 0 Å². The lowest BCUT2D eigenvalue weighted by molar-refractivity contribution is -0.104. The van der Waals surface area contributed by atoms with Gasteiger partial charge in [0.25, 0.3) is 0 Å². The minimum absolute atomic E-state index is 0.401. The first-order valence-electron chi connectivity index (χ1n) is 5.00. The quantitative estimate of drug-likeness (QED) is 0.736. The third kappa shape index (κ3) is 1.26. The van der Waals surface area contributed by atoms with Crippen LogP contribution in [0, 0.1) is 0 Å². The molecule has 2 rings (SSSR count). The standard InChI is InChI=1S/C12H16O2/c1-12(14-2)10-6-4-3-5-9(10)7-8-11(12)13/h3-6,11,13H,7-8H2,1-2H3/t11-,12+/m1/s1. The number of hydrogen-bond donors (Lipinski definition) is 1. The third-order valence-electron chi connectivity index (χ3n) is 3.30. The molecule has 76 valence electrons. The Morgan fingerprint density at radius 3 is 2.86 bits per heavy atom. The number of aliphatic hydroxyl groups is 1. The highest BCUT2D eigenvalue weighted by atomic mass is 16.5. The van der Waals surface area contributed by atoms with Gasteiger partial charge in [0, 0.05) is 7.11 Å². The van der Waals surface area contributed by atoms with Crippen molar-refractivity contribution in [2.24, 2.45) is 0 Å². The van der Waals surface area contributed by atoms with Crippen LogP contribution < -0.4 is 0 Å². The van der Waals surface area contributed by atoms with E-state index in [1.807, 2.05) is 25.1 Å². The number of aliphatic hydroxyl groups excluding tert-OH is 1. The van der Waals surface area contributed by atoms with Gasteiger partial charge < -0.3 is 9.84 Å². The Hall–Kier alpha value is -0.860. The lowest BCUT2D eigenvalue weighted by Gasteiger charge is -2.38. The maximum Gasteiger partial charge on any atom is 0.116 e. The van der Waals surface area contributed by atoms with Crippen molar-refractivity contribution in [2.45, 2.75) is 31.5 Å². The van der Waals surface area contributed by atoms with E-state index >= 15 is 0 Å². The van der Waals surface area contributed by atoms with E-state index in [0.29, 0.717) is 0 Å². The third-order valence-corrected chi connectivity index (χ3v) is 3.30. The summed E-state index contributed by atoms with van der Waals surface area (Å²) in [6.45, 7) is 1.95. The largest absolute Gasteiger partial charge is 0.390 e. The summed E-state index contributed by atoms with van der Waals surface area (Å²) in [5.41, 5.74) is 1.89. The van der Waals surface area contributed by atoms with E-state index in [4.69, 9.17) is 4.74 Å². The Morgan fingerprint density at radius 1 is 1.43 bits per heavy atom. The molecular weight excluding hydrogens is 176 g/mol. The molecular formula is C12H16O2. The molecule has 0 amide bonds. The summed E-state index contributed by atoms with van der Waals surface area (Å²) in [7, 11) is 1.66. The summed E-state index contributed by atoms with van der Waals surface area (Å²) in [6.07, 6.45) is 1.32. The predicted molar refractivity (Wildman–Crippen MR) is 55.1 cm³/mol. The van der Waals surface area contributed by atoms with Crippen molar-refractivity contribution in [3.05, 3.63) is 35.4 Å². The average molecular weight is 192 g/mol. The van der Waals surface area contributed by atoms with E-state index in [1.165, 1.54) is 5.56 Å². The van der Waals surface area contributed by atoms with Gasteiger partial charge in [0.2, 0.25) is 0 Å². The molecule has 0 spiro atoms. The van der Waals surface area contributed by atoms with Gasteiger partial charge in [0.1, 0.15) is 5.60 Å². The van der Waals surface area contributed by atoms with Crippen LogP contribution in [-0.4, -0.2) is 18.3 Å². The topological polar surface area (TPSA) is 29.5 Å². The van der Waals surface area contributed by atoms with Crippen molar-refractivity contribution in [3.8, 4) is 0 Å². The van der Waals surface area contributed by atoms with Crippen LogP contribution in [0.5, 0.6) is 0 Å². The van der Waals surface area contributed by atoms with E-state index < -0.39 is 11.7 Å². The van der Waals surface area contributed by atoms with Crippen LogP contribution in [0.3, 0.4) is 0 Å². The zero-order valence-corrected chi connectivity index (χ0v) is 8.66. The molecule has 0 unspecified atom stereocenters. The zero-order valence-electron chi connectivity index (χ0n) is 8.66. The summed E-state index contributed by atoms with van der Waals surface area (Å²) in [5, 5.41) is 9.95. The highest BCUT2D eigenvalue weighted by Gasteiger charge is 2.39. The summed E-state index contributed by atoms with van der Waals surface area (Å²) >= 11 is 0. The van der Waals surface area contributed by atoms with Crippen LogP contribution in [0.2, 0.25) is 0 Å². The molecule has 0 radical (unpaired) electrons. The van der Waals surface area contributed by atoms with Crippen LogP contribution in [-0.2, 0) is 16.8 Å². The van der Waals surface area contributed by atoms with Crippen molar-refractivity contribution in [3.63, 3.8) is 0 Å². The van der Waals surface area contributed by atoms with Crippen LogP contribution in [0.4, 0.5) is 0 Å². The van der Waals surface area contributed by atoms with Crippen molar-refractivity contribution < 1.29 is 9.84 Å². The fraction of sp³-hybridized carbons (Fsp3) is 0.500. The van der Waals surface area contributed by atoms with E-state index in [2.05, 4.69) is 6.07 Å². The highest BCUT2D eigenvalue weighted by molar-refractivity contribution is 5.35. The number of fused-ring (bicyclic) bond motifs is 1. The molecule has 2 heteroatoms. The Balaban J connectivity index is 2.52. The molecule has 0 bridgehead atoms. The van der Waals surface area contributed by atoms with E-state index in [1.54, 1.807) is 7.11 Å². The van der Waals surface area contributed by atoms with E-state index in [9.17, 15) is 5.11 Å². The molecule has 1 aromatic carbocycles. The molecule has 0 saturated carbocycles. The molecule has 1 N–H and O–H groups in total. The van der Waals surface area contributed by atoms with Gasteiger partial charge in [0.05, 0.1) is 6.10 Å². The molecule has 2 atom stereocenters. The second-order valence-electron chi connectivity index (χ2n) is 4.02. The normalized spacial score (nSPS) is 31.2. The smallest absolute Gasteiger partial charge is 0.116 e. The number of benzene rings is 1. The number of rotatable bonds is 1. The van der Waals surface area contributed by atoms with E-state index in [0.717, 1.165) is 18.4 Å². The molecule has 0 fully saturated rings. The van der Waals surface area contributed by atoms with Gasteiger partial charge in [-0.05, 0) is 30.9 Å². The maximum absolute atomic E-state index is 9.95. The SMILES string of the molecule is CO[C@@]1(C)c2ccccc2CC[C@H]1O. The summed E-state index contributed by atoms with van der Waals surface area (Å²) in [6, 6.07) is 8.18. The van der Waals surface area contributed by atoms with Crippen molar-refractivity contribution in [1.82, 2.24) is 0 Å². The summed E-state index contributed by atoms with van der Waals surface area (Å²) in [4.78, 5) is 0. The average Bonchev–Trinajstić information content (AvgIpc) is 2.24. The van der Waals surface area contributed by atoms with Gasteiger partial charge in [-0.25, -0.2) is 0 Å². The molecule has 0 saturated heterocycles. The lowest BCUT2D eigenvalue weighted by atomic mass is 9.78. The molecule has 1 aromatic rings. The number of aryl methyl sites for hydroxylation is 1. The fourth-order valence-corrected chi connectivity index (χ4v) is 2.22. The van der Waals surface area contributed by atoms with Crippen LogP contribution in [0.25, 0.3) is 0 Å². The van der Waals surface area contributed by atoms with Crippen LogP contribution in [0.1, 0.15) is 24.5 Å². The Labute approximate surface area is 84.5 Å². The Bertz CT molecular complexity index is 335. The zero-order chi connectivity index (χ0) is 10.2. The van der Waals surface area contributed by atoms with Crippen molar-refractivity contribution >= 4 is 0 Å². The molecule has 14 heavy (non-hydrogen) atoms. The second-order valence-corrected chi connectivity index (χ2v) is 4.02. The second kappa shape index (κ2) is 3.37. The highest BCUT2D eigenvalue weighted by Crippen LogP contribution is 2.37. The summed E-state index contributed by atoms with van der Waals surface area (Å²) in [5.74, 6) is 0. The Morgan fingerprint density at radius 2 is 2.14 bits per heavy atom. The number of ether oxygens (including phenoxy) is 1. The van der Waals surface area contributed by atoms with Gasteiger partial charge >= 0.3 is 0 Å². The first-order valence-corrected chi connectivity index (χ1v) is 5.00. The number of methoxy groups -OCH3 is 1. The summed E-state index contributed by atoms with van der Waals surface area (Å²) < 4.78 is 5.47. The van der Waals surface area contributed by atoms with E-state index in [-0.39, 0.29) is 0 Å². The predicted octanol–water partition coefficient (Wildman–Crippen LogP) is 1.86. The minimum atomic E-state index is -0.533. The van der Waals surface area contributed by atoms with Gasteiger partial charge in [-0.3, -0.25) is 0 Å². The first kappa shape index (κ1) is 9.69. The van der Waals surface area contributed by atoms with Crippen molar-refractivity contribution in [2.75, 3.05) is 7.11 Å². The molecule has 0 aliphatic heterocycles. The molecule has 1 aliphatic rings. The first-order chi connectivity index (χ1) is 6.68. The minimum Gasteiger partial charge on any atom is -0.390 e. The van der Waals surface area contributed by atoms with Crippen molar-refractivity contribution in [1.29, 1.82) is 0 Å².